The van der Waals surface area contributed by atoms with Gasteiger partial charge in [0.2, 0.25) is 17.7 Å². The summed E-state index contributed by atoms with van der Waals surface area (Å²) in [6.45, 7) is 8.35. The Hall–Kier alpha value is -5.59. The molecule has 6 rings (SSSR count). The summed E-state index contributed by atoms with van der Waals surface area (Å²) in [5.74, 6) is -2.01. The predicted molar refractivity (Wildman–Crippen MR) is 192 cm³/mol. The van der Waals surface area contributed by atoms with Crippen LogP contribution in [0.3, 0.4) is 0 Å². The lowest BCUT2D eigenvalue weighted by Gasteiger charge is -2.25. The number of hydrogen-bond donors (Lipinski definition) is 4. The Kier molecular flexibility index (Phi) is 12.1. The number of aromatic nitrogens is 3. The molecule has 5 amide bonds. The van der Waals surface area contributed by atoms with Crippen LogP contribution in [-0.2, 0) is 27.3 Å². The van der Waals surface area contributed by atoms with Crippen molar-refractivity contribution >= 4 is 35.2 Å². The zero-order valence-corrected chi connectivity index (χ0v) is 29.5. The molecule has 0 fully saturated rings. The average molecular weight is 695 g/mol. The van der Waals surface area contributed by atoms with Gasteiger partial charge in [-0.2, -0.15) is 5.10 Å². The number of amides is 5. The molecule has 268 valence electrons. The highest BCUT2D eigenvalue weighted by molar-refractivity contribution is 6.00. The Morgan fingerprint density at radius 2 is 1.61 bits per heavy atom. The molecule has 4 N–H and O–H groups in total. The third-order valence-electron chi connectivity index (χ3n) is 8.74. The lowest BCUT2D eigenvalue weighted by atomic mass is 10.0. The van der Waals surface area contributed by atoms with Gasteiger partial charge in [-0.15, -0.1) is 0 Å². The van der Waals surface area contributed by atoms with Crippen molar-refractivity contribution in [2.45, 2.75) is 78.0 Å². The second-order valence-electron chi connectivity index (χ2n) is 13.5. The molecule has 4 heterocycles. The van der Waals surface area contributed by atoms with Crippen LogP contribution >= 0.6 is 0 Å². The molecule has 4 aromatic rings. The van der Waals surface area contributed by atoms with Gasteiger partial charge in [0.1, 0.15) is 23.7 Å². The number of fused-ring (bicyclic) bond motifs is 19. The quantitative estimate of drug-likeness (QED) is 0.233. The van der Waals surface area contributed by atoms with Gasteiger partial charge >= 0.3 is 0 Å². The lowest BCUT2D eigenvalue weighted by molar-refractivity contribution is -0.132. The van der Waals surface area contributed by atoms with Gasteiger partial charge in [-0.05, 0) is 67.9 Å². The molecule has 2 bridgehead atoms. The minimum absolute atomic E-state index is 0.0556. The summed E-state index contributed by atoms with van der Waals surface area (Å²) in [5, 5.41) is 15.6. The van der Waals surface area contributed by atoms with E-state index in [2.05, 4.69) is 31.3 Å². The highest BCUT2D eigenvalue weighted by Crippen LogP contribution is 2.17. The Balaban J connectivity index is 1.42. The number of carbonyl (C=O) groups excluding carboxylic acids is 5. The Labute approximate surface area is 297 Å². The molecular weight excluding hydrogens is 648 g/mol. The van der Waals surface area contributed by atoms with E-state index in [1.54, 1.807) is 53.0 Å². The lowest BCUT2D eigenvalue weighted by Crippen LogP contribution is -2.57. The van der Waals surface area contributed by atoms with E-state index in [0.29, 0.717) is 49.1 Å². The first-order valence-electron chi connectivity index (χ1n) is 17.4. The number of benzene rings is 2. The van der Waals surface area contributed by atoms with Crippen molar-refractivity contribution in [2.75, 3.05) is 13.1 Å². The molecule has 13 nitrogen and oxygen atoms in total. The number of rotatable bonds is 5. The van der Waals surface area contributed by atoms with Gasteiger partial charge in [0.25, 0.3) is 11.8 Å². The van der Waals surface area contributed by atoms with Gasteiger partial charge in [-0.1, -0.05) is 56.3 Å². The largest absolute Gasteiger partial charge is 0.354 e. The molecule has 2 aliphatic rings. The van der Waals surface area contributed by atoms with Crippen molar-refractivity contribution in [3.63, 3.8) is 0 Å². The number of hydrogen-bond acceptors (Lipinski definition) is 7. The molecule has 0 radical (unpaired) electrons. The summed E-state index contributed by atoms with van der Waals surface area (Å²) in [5.41, 5.74) is 3.69. The molecular formula is C38H46N8O5. The van der Waals surface area contributed by atoms with Crippen molar-refractivity contribution in [3.8, 4) is 0 Å². The highest BCUT2D eigenvalue weighted by atomic mass is 16.2. The minimum Gasteiger partial charge on any atom is -0.354 e. The summed E-state index contributed by atoms with van der Waals surface area (Å²) in [6, 6.07) is 13.4. The van der Waals surface area contributed by atoms with Crippen LogP contribution in [0, 0.1) is 12.8 Å². The van der Waals surface area contributed by atoms with Crippen LogP contribution < -0.4 is 21.3 Å². The molecule has 2 aliphatic heterocycles. The van der Waals surface area contributed by atoms with E-state index in [-0.39, 0.29) is 30.7 Å². The Bertz CT molecular complexity index is 1860. The van der Waals surface area contributed by atoms with Crippen LogP contribution in [0.5, 0.6) is 0 Å². The number of carbonyl (C=O) groups is 5. The third-order valence-corrected chi connectivity index (χ3v) is 8.74. The summed E-state index contributed by atoms with van der Waals surface area (Å²) >= 11 is 0. The Morgan fingerprint density at radius 3 is 2.33 bits per heavy atom. The predicted octanol–water partition coefficient (Wildman–Crippen LogP) is 2.97. The van der Waals surface area contributed by atoms with Gasteiger partial charge in [0.05, 0.1) is 6.20 Å². The molecule has 13 heteroatoms. The topological polar surface area (TPSA) is 167 Å². The van der Waals surface area contributed by atoms with E-state index in [9.17, 15) is 24.0 Å². The first-order chi connectivity index (χ1) is 24.5. The molecule has 51 heavy (non-hydrogen) atoms. The maximum atomic E-state index is 13.9. The molecule has 2 aromatic carbocycles. The van der Waals surface area contributed by atoms with Crippen molar-refractivity contribution in [1.82, 2.24) is 40.8 Å². The van der Waals surface area contributed by atoms with E-state index < -0.39 is 35.8 Å². The maximum Gasteiger partial charge on any atom is 0.259 e. The summed E-state index contributed by atoms with van der Waals surface area (Å²) < 4.78 is 1.58. The van der Waals surface area contributed by atoms with Crippen LogP contribution in [0.15, 0.2) is 73.2 Å². The van der Waals surface area contributed by atoms with Gasteiger partial charge in [0.15, 0.2) is 5.65 Å². The molecule has 3 atom stereocenters. The molecule has 2 aromatic heterocycles. The zero-order chi connectivity index (χ0) is 36.5. The van der Waals surface area contributed by atoms with Gasteiger partial charge in [-0.25, -0.2) is 9.50 Å². The molecule has 0 saturated carbocycles. The summed E-state index contributed by atoms with van der Waals surface area (Å²) in [7, 11) is 0. The monoisotopic (exact) mass is 694 g/mol. The second-order valence-corrected chi connectivity index (χ2v) is 13.5. The van der Waals surface area contributed by atoms with E-state index in [4.69, 9.17) is 0 Å². The molecule has 0 unspecified atom stereocenters. The van der Waals surface area contributed by atoms with Crippen LogP contribution in [0.1, 0.15) is 77.4 Å². The van der Waals surface area contributed by atoms with E-state index in [0.717, 1.165) is 16.7 Å². The first-order valence-corrected chi connectivity index (χ1v) is 17.4. The number of nitrogens with one attached hydrogen (secondary N) is 4. The fourth-order valence-corrected chi connectivity index (χ4v) is 5.97. The van der Waals surface area contributed by atoms with Crippen LogP contribution in [0.4, 0.5) is 0 Å². The fourth-order valence-electron chi connectivity index (χ4n) is 5.97. The smallest absolute Gasteiger partial charge is 0.259 e. The van der Waals surface area contributed by atoms with E-state index >= 15 is 0 Å². The normalized spacial score (nSPS) is 19.9. The third kappa shape index (κ3) is 9.77. The van der Waals surface area contributed by atoms with E-state index in [1.807, 2.05) is 51.1 Å². The first kappa shape index (κ1) is 36.7. The van der Waals surface area contributed by atoms with Crippen molar-refractivity contribution < 1.29 is 24.0 Å². The van der Waals surface area contributed by atoms with Crippen molar-refractivity contribution in [2.24, 2.45) is 5.92 Å². The highest BCUT2D eigenvalue weighted by Gasteiger charge is 2.30. The second kappa shape index (κ2) is 16.9. The summed E-state index contributed by atoms with van der Waals surface area (Å²) in [6.07, 6.45) is 6.70. The zero-order valence-electron chi connectivity index (χ0n) is 29.5. The fraction of sp³-hybridized carbons (Fsp3) is 0.395. The van der Waals surface area contributed by atoms with Crippen LogP contribution in [0.2, 0.25) is 0 Å². The SMILES string of the molecule is Cc1cnc2c(C(=O)N3CCCCNC(=O)[C@@H](C)NC(=O)[C@H](CC(C)C)NC(=O)[C@@H](Cc4ccccc4)NC(=O)c4ccc(cc4)C3)cnn2c1. The van der Waals surface area contributed by atoms with Gasteiger partial charge in [0, 0.05) is 44.0 Å². The molecule has 0 saturated heterocycles. The maximum absolute atomic E-state index is 13.9. The van der Waals surface area contributed by atoms with E-state index in [1.165, 1.54) is 6.20 Å². The molecule has 0 spiro atoms. The van der Waals surface area contributed by atoms with Gasteiger partial charge in [-0.3, -0.25) is 24.0 Å². The molecule has 0 aliphatic carbocycles. The Morgan fingerprint density at radius 1 is 0.882 bits per heavy atom. The van der Waals surface area contributed by atoms with Crippen molar-refractivity contribution in [1.29, 1.82) is 0 Å². The average Bonchev–Trinajstić information content (AvgIpc) is 3.53. The minimum atomic E-state index is -0.992. The number of nitrogens with zero attached hydrogens (tertiary/aromatic N) is 4. The van der Waals surface area contributed by atoms with Gasteiger partial charge < -0.3 is 26.2 Å². The van der Waals surface area contributed by atoms with Crippen molar-refractivity contribution in [3.05, 3.63) is 101 Å². The van der Waals surface area contributed by atoms with Crippen LogP contribution in [-0.4, -0.2) is 80.2 Å². The standard InChI is InChI=1S/C38H46N8O5/c1-24(2)18-31-36(49)42-26(4)34(47)39-16-8-9-17-45(38(51)30-21-41-46-22-25(3)20-40-33(30)46)23-28-12-14-29(15-13-28)35(48)43-32(37(50)44-31)19-27-10-6-5-7-11-27/h5-7,10-15,20-22,24,26,31-32H,8-9,16-19,23H2,1-4H3,(H,39,47)(H,42,49)(H,43,48)(H,44,50)/t26-,31+,32-/m1/s1. The summed E-state index contributed by atoms with van der Waals surface area (Å²) in [4.78, 5) is 73.8. The number of aryl methyl sites for hydroxylation is 1. The van der Waals surface area contributed by atoms with Crippen LogP contribution in [0.25, 0.3) is 5.65 Å².